The Morgan fingerprint density at radius 2 is 2.00 bits per heavy atom. The summed E-state index contributed by atoms with van der Waals surface area (Å²) in [6.07, 6.45) is 6.53. The van der Waals surface area contributed by atoms with Crippen LogP contribution in [-0.4, -0.2) is 18.2 Å². The van der Waals surface area contributed by atoms with E-state index in [0.29, 0.717) is 11.8 Å². The second kappa shape index (κ2) is 6.24. The van der Waals surface area contributed by atoms with Gasteiger partial charge in [-0.15, -0.1) is 0 Å². The van der Waals surface area contributed by atoms with Crippen LogP contribution < -0.4 is 5.32 Å². The van der Waals surface area contributed by atoms with Gasteiger partial charge in [-0.25, -0.2) is 0 Å². The maximum absolute atomic E-state index is 9.31. The number of hydrogen-bond acceptors (Lipinski definition) is 2. The van der Waals surface area contributed by atoms with Crippen LogP contribution in [0.25, 0.3) is 0 Å². The van der Waals surface area contributed by atoms with Crippen molar-refractivity contribution in [3.05, 3.63) is 29.8 Å². The van der Waals surface area contributed by atoms with E-state index >= 15 is 0 Å². The first-order chi connectivity index (χ1) is 8.72. The van der Waals surface area contributed by atoms with Crippen LogP contribution in [0.5, 0.6) is 5.75 Å². The quantitative estimate of drug-likeness (QED) is 0.836. The number of likely N-dealkylation sites (N-methyl/N-ethyl adjacent to an activating group) is 1. The smallest absolute Gasteiger partial charge is 0.115 e. The van der Waals surface area contributed by atoms with Crippen LogP contribution in [0, 0.1) is 11.8 Å². The lowest BCUT2D eigenvalue weighted by atomic mass is 9.91. The van der Waals surface area contributed by atoms with E-state index in [0.717, 1.165) is 18.3 Å². The van der Waals surface area contributed by atoms with Crippen molar-refractivity contribution in [2.45, 2.75) is 45.1 Å². The largest absolute Gasteiger partial charge is 0.508 e. The van der Waals surface area contributed by atoms with E-state index in [1.54, 1.807) is 12.1 Å². The fourth-order valence-electron chi connectivity index (χ4n) is 3.24. The molecule has 2 N–H and O–H groups in total. The molecule has 0 aliphatic heterocycles. The summed E-state index contributed by atoms with van der Waals surface area (Å²) in [7, 11) is 2.07. The monoisotopic (exact) mass is 247 g/mol. The SMILES string of the molecule is CCC1CCC(C(Cc2ccc(O)cc2)NC)C1. The Morgan fingerprint density at radius 1 is 1.28 bits per heavy atom. The highest BCUT2D eigenvalue weighted by molar-refractivity contribution is 5.26. The molecule has 2 heteroatoms. The third kappa shape index (κ3) is 3.26. The normalized spacial score (nSPS) is 25.2. The van der Waals surface area contributed by atoms with Crippen molar-refractivity contribution in [3.8, 4) is 5.75 Å². The molecule has 1 aromatic carbocycles. The van der Waals surface area contributed by atoms with Crippen LogP contribution in [0.4, 0.5) is 0 Å². The molecule has 0 heterocycles. The van der Waals surface area contributed by atoms with Crippen molar-refractivity contribution in [2.24, 2.45) is 11.8 Å². The highest BCUT2D eigenvalue weighted by Gasteiger charge is 2.29. The first kappa shape index (κ1) is 13.4. The van der Waals surface area contributed by atoms with Crippen molar-refractivity contribution in [3.63, 3.8) is 0 Å². The lowest BCUT2D eigenvalue weighted by Gasteiger charge is -2.23. The zero-order chi connectivity index (χ0) is 13.0. The van der Waals surface area contributed by atoms with Gasteiger partial charge in [0.25, 0.3) is 0 Å². The molecular formula is C16H25NO. The molecule has 18 heavy (non-hydrogen) atoms. The molecule has 0 amide bonds. The fraction of sp³-hybridized carbons (Fsp3) is 0.625. The highest BCUT2D eigenvalue weighted by Crippen LogP contribution is 2.35. The van der Waals surface area contributed by atoms with Gasteiger partial charge in [-0.3, -0.25) is 0 Å². The van der Waals surface area contributed by atoms with Gasteiger partial charge in [0, 0.05) is 6.04 Å². The van der Waals surface area contributed by atoms with Crippen molar-refractivity contribution in [1.82, 2.24) is 5.32 Å². The Morgan fingerprint density at radius 3 is 2.56 bits per heavy atom. The lowest BCUT2D eigenvalue weighted by molar-refractivity contribution is 0.361. The predicted molar refractivity (Wildman–Crippen MR) is 75.8 cm³/mol. The lowest BCUT2D eigenvalue weighted by Crippen LogP contribution is -2.34. The summed E-state index contributed by atoms with van der Waals surface area (Å²) in [5.41, 5.74) is 1.31. The summed E-state index contributed by atoms with van der Waals surface area (Å²) in [6, 6.07) is 8.21. The molecule has 0 radical (unpaired) electrons. The van der Waals surface area contributed by atoms with Crippen molar-refractivity contribution < 1.29 is 5.11 Å². The minimum Gasteiger partial charge on any atom is -0.508 e. The highest BCUT2D eigenvalue weighted by atomic mass is 16.3. The molecule has 3 atom stereocenters. The summed E-state index contributed by atoms with van der Waals surface area (Å²) >= 11 is 0. The van der Waals surface area contributed by atoms with Crippen LogP contribution in [0.3, 0.4) is 0 Å². The maximum atomic E-state index is 9.31. The van der Waals surface area contributed by atoms with Crippen LogP contribution in [-0.2, 0) is 6.42 Å². The summed E-state index contributed by atoms with van der Waals surface area (Å²) in [5.74, 6) is 2.10. The van der Waals surface area contributed by atoms with Gasteiger partial charge < -0.3 is 10.4 Å². The number of nitrogens with one attached hydrogen (secondary N) is 1. The van der Waals surface area contributed by atoms with Gasteiger partial charge in [0.15, 0.2) is 0 Å². The minimum absolute atomic E-state index is 0.353. The molecule has 100 valence electrons. The van der Waals surface area contributed by atoms with Crippen LogP contribution in [0.1, 0.15) is 38.2 Å². The third-order valence-corrected chi connectivity index (χ3v) is 4.49. The van der Waals surface area contributed by atoms with Gasteiger partial charge in [0.05, 0.1) is 0 Å². The minimum atomic E-state index is 0.353. The average molecular weight is 247 g/mol. The molecule has 0 spiro atoms. The number of hydrogen-bond donors (Lipinski definition) is 2. The van der Waals surface area contributed by atoms with E-state index in [9.17, 15) is 5.11 Å². The first-order valence-corrected chi connectivity index (χ1v) is 7.18. The molecule has 1 aromatic rings. The van der Waals surface area contributed by atoms with Crippen molar-refractivity contribution in [2.75, 3.05) is 7.05 Å². The number of phenolic OH excluding ortho intramolecular Hbond substituents is 1. The second-order valence-electron chi connectivity index (χ2n) is 5.61. The Balaban J connectivity index is 1.95. The molecule has 1 aliphatic rings. The summed E-state index contributed by atoms with van der Waals surface area (Å²) in [4.78, 5) is 0. The third-order valence-electron chi connectivity index (χ3n) is 4.49. The fourth-order valence-corrected chi connectivity index (χ4v) is 3.24. The summed E-state index contributed by atoms with van der Waals surface area (Å²) < 4.78 is 0. The van der Waals surface area contributed by atoms with Crippen molar-refractivity contribution >= 4 is 0 Å². The van der Waals surface area contributed by atoms with Crippen molar-refractivity contribution in [1.29, 1.82) is 0 Å². The molecule has 1 fully saturated rings. The van der Waals surface area contributed by atoms with Gasteiger partial charge >= 0.3 is 0 Å². The van der Waals surface area contributed by atoms with E-state index in [1.165, 1.54) is 31.2 Å². The molecule has 2 rings (SSSR count). The van der Waals surface area contributed by atoms with Crippen LogP contribution >= 0.6 is 0 Å². The van der Waals surface area contributed by atoms with Gasteiger partial charge in [-0.05, 0) is 55.8 Å². The Labute approximate surface area is 110 Å². The maximum Gasteiger partial charge on any atom is 0.115 e. The first-order valence-electron chi connectivity index (χ1n) is 7.18. The van der Waals surface area contributed by atoms with Gasteiger partial charge in [0.2, 0.25) is 0 Å². The van der Waals surface area contributed by atoms with Crippen LogP contribution in [0.15, 0.2) is 24.3 Å². The molecule has 0 saturated heterocycles. The molecule has 1 saturated carbocycles. The van der Waals surface area contributed by atoms with E-state index in [-0.39, 0.29) is 0 Å². The molecule has 1 aliphatic carbocycles. The van der Waals surface area contributed by atoms with E-state index < -0.39 is 0 Å². The van der Waals surface area contributed by atoms with E-state index in [2.05, 4.69) is 19.3 Å². The predicted octanol–water partition coefficient (Wildman–Crippen LogP) is 3.35. The second-order valence-corrected chi connectivity index (χ2v) is 5.61. The van der Waals surface area contributed by atoms with E-state index in [1.807, 2.05) is 12.1 Å². The number of benzene rings is 1. The molecular weight excluding hydrogens is 222 g/mol. The molecule has 0 aromatic heterocycles. The van der Waals surface area contributed by atoms with Gasteiger partial charge in [0.1, 0.15) is 5.75 Å². The summed E-state index contributed by atoms with van der Waals surface area (Å²) in [5, 5.41) is 12.8. The average Bonchev–Trinajstić information content (AvgIpc) is 2.87. The standard InChI is InChI=1S/C16H25NO/c1-3-12-4-7-14(10-12)16(17-2)11-13-5-8-15(18)9-6-13/h5-6,8-9,12,14,16-18H,3-4,7,10-11H2,1-2H3. The van der Waals surface area contributed by atoms with E-state index in [4.69, 9.17) is 0 Å². The van der Waals surface area contributed by atoms with Gasteiger partial charge in [-0.2, -0.15) is 0 Å². The topological polar surface area (TPSA) is 32.3 Å². The number of aromatic hydroxyl groups is 1. The Bertz CT molecular complexity index is 360. The zero-order valence-electron chi connectivity index (χ0n) is 11.5. The van der Waals surface area contributed by atoms with Gasteiger partial charge in [-0.1, -0.05) is 31.9 Å². The molecule has 3 unspecified atom stereocenters. The molecule has 0 bridgehead atoms. The van der Waals surface area contributed by atoms with Crippen LogP contribution in [0.2, 0.25) is 0 Å². The Kier molecular flexibility index (Phi) is 4.65. The number of rotatable bonds is 5. The Hall–Kier alpha value is -1.02. The summed E-state index contributed by atoms with van der Waals surface area (Å²) in [6.45, 7) is 2.31. The zero-order valence-corrected chi connectivity index (χ0v) is 11.5. The molecule has 2 nitrogen and oxygen atoms in total. The number of phenols is 1.